The van der Waals surface area contributed by atoms with Gasteiger partial charge in [-0.15, -0.1) is 0 Å². The first-order valence-electron chi connectivity index (χ1n) is 12.2. The fourth-order valence-electron chi connectivity index (χ4n) is 4.60. The molecule has 8 nitrogen and oxygen atoms in total. The van der Waals surface area contributed by atoms with Gasteiger partial charge < -0.3 is 15.0 Å². The van der Waals surface area contributed by atoms with Crippen molar-refractivity contribution in [2.45, 2.75) is 25.4 Å². The van der Waals surface area contributed by atoms with Crippen molar-refractivity contribution in [3.8, 4) is 0 Å². The van der Waals surface area contributed by atoms with Gasteiger partial charge in [0.2, 0.25) is 12.2 Å². The Labute approximate surface area is 210 Å². The number of benzene rings is 3. The number of benzodiazepines with no additional fused rings is 1. The molecule has 0 radical (unpaired) electrons. The molecule has 3 aromatic carbocycles. The van der Waals surface area contributed by atoms with Gasteiger partial charge in [0.15, 0.2) is 6.17 Å². The molecule has 36 heavy (non-hydrogen) atoms. The summed E-state index contributed by atoms with van der Waals surface area (Å²) in [5.74, 6) is -0.282. The number of anilines is 2. The van der Waals surface area contributed by atoms with Crippen molar-refractivity contribution in [3.63, 3.8) is 0 Å². The standard InChI is InChI=1S/C28H30N6O2/c1-30-28(36-25(29)21-14-6-8-16-23(21)34-17-9-10-18-34)33-26-27(35)31-22-15-7-5-13-20(22)24(32-26)19-11-3-2-4-12-19/h2-8,11-16,26,28-30,33H,9-10,17-18H2,1H3,(H,31,35). The van der Waals surface area contributed by atoms with Crippen LogP contribution in [0.25, 0.3) is 0 Å². The van der Waals surface area contributed by atoms with Crippen LogP contribution in [0, 0.1) is 5.41 Å². The van der Waals surface area contributed by atoms with Crippen LogP contribution in [0.2, 0.25) is 0 Å². The minimum Gasteiger partial charge on any atom is -0.445 e. The van der Waals surface area contributed by atoms with E-state index in [1.165, 1.54) is 0 Å². The summed E-state index contributed by atoms with van der Waals surface area (Å²) >= 11 is 0. The second-order valence-electron chi connectivity index (χ2n) is 8.77. The highest BCUT2D eigenvalue weighted by atomic mass is 16.5. The number of para-hydroxylation sites is 2. The molecular weight excluding hydrogens is 452 g/mol. The molecule has 0 saturated carbocycles. The van der Waals surface area contributed by atoms with Gasteiger partial charge in [-0.3, -0.25) is 20.5 Å². The van der Waals surface area contributed by atoms with E-state index in [9.17, 15) is 4.79 Å². The number of ether oxygens (including phenoxy) is 1. The maximum absolute atomic E-state index is 13.2. The van der Waals surface area contributed by atoms with Crippen LogP contribution in [-0.4, -0.2) is 50.2 Å². The second kappa shape index (κ2) is 10.7. The van der Waals surface area contributed by atoms with E-state index in [0.29, 0.717) is 17.0 Å². The molecule has 3 aromatic rings. The summed E-state index contributed by atoms with van der Waals surface area (Å²) in [6, 6.07) is 25.2. The number of amides is 1. The lowest BCUT2D eigenvalue weighted by molar-refractivity contribution is -0.118. The van der Waals surface area contributed by atoms with Crippen molar-refractivity contribution in [1.82, 2.24) is 10.6 Å². The summed E-state index contributed by atoms with van der Waals surface area (Å²) in [6.07, 6.45) is 0.530. The molecule has 1 fully saturated rings. The van der Waals surface area contributed by atoms with Crippen LogP contribution in [0.15, 0.2) is 83.9 Å². The van der Waals surface area contributed by atoms with Gasteiger partial charge >= 0.3 is 0 Å². The predicted octanol–water partition coefficient (Wildman–Crippen LogP) is 3.54. The Bertz CT molecular complexity index is 1270. The minimum atomic E-state index is -0.938. The van der Waals surface area contributed by atoms with Crippen molar-refractivity contribution < 1.29 is 9.53 Å². The van der Waals surface area contributed by atoms with E-state index in [0.717, 1.165) is 42.7 Å². The number of hydrogen-bond donors (Lipinski definition) is 4. The SMILES string of the molecule is CNC(NC1N=C(c2ccccc2)c2ccccc2NC1=O)OC(=N)c1ccccc1N1CCCC1. The van der Waals surface area contributed by atoms with E-state index in [2.05, 4.69) is 20.9 Å². The molecule has 2 aliphatic heterocycles. The van der Waals surface area contributed by atoms with E-state index in [-0.39, 0.29) is 11.8 Å². The molecule has 8 heteroatoms. The fourth-order valence-corrected chi connectivity index (χ4v) is 4.60. The summed E-state index contributed by atoms with van der Waals surface area (Å²) in [5.41, 5.74) is 4.85. The molecule has 1 saturated heterocycles. The molecule has 2 atom stereocenters. The minimum absolute atomic E-state index is 0.0222. The number of carbonyl (C=O) groups excluding carboxylic acids is 1. The number of aliphatic imine (C=N–C) groups is 1. The molecule has 184 valence electrons. The third-order valence-corrected chi connectivity index (χ3v) is 6.40. The molecule has 0 aliphatic carbocycles. The number of hydrogen-bond acceptors (Lipinski definition) is 7. The Balaban J connectivity index is 1.40. The maximum Gasteiger partial charge on any atom is 0.264 e. The molecule has 0 aromatic heterocycles. The Hall–Kier alpha value is -4.01. The highest BCUT2D eigenvalue weighted by Gasteiger charge is 2.28. The Morgan fingerprint density at radius 3 is 2.50 bits per heavy atom. The Kier molecular flexibility index (Phi) is 7.06. The van der Waals surface area contributed by atoms with Gasteiger partial charge in [-0.1, -0.05) is 60.7 Å². The summed E-state index contributed by atoms with van der Waals surface area (Å²) in [5, 5.41) is 17.8. The van der Waals surface area contributed by atoms with Crippen molar-refractivity contribution in [1.29, 1.82) is 5.41 Å². The molecule has 4 N–H and O–H groups in total. The van der Waals surface area contributed by atoms with Gasteiger partial charge in [-0.05, 0) is 38.1 Å². The molecule has 2 aliphatic rings. The van der Waals surface area contributed by atoms with Gasteiger partial charge in [-0.2, -0.15) is 0 Å². The lowest BCUT2D eigenvalue weighted by Crippen LogP contribution is -2.52. The van der Waals surface area contributed by atoms with Gasteiger partial charge in [-0.25, -0.2) is 5.32 Å². The number of nitrogens with zero attached hydrogens (tertiary/aromatic N) is 2. The van der Waals surface area contributed by atoms with E-state index < -0.39 is 12.5 Å². The average Bonchev–Trinajstić information content (AvgIpc) is 3.42. The zero-order valence-corrected chi connectivity index (χ0v) is 20.2. The average molecular weight is 483 g/mol. The highest BCUT2D eigenvalue weighted by molar-refractivity contribution is 6.19. The lowest BCUT2D eigenvalue weighted by Gasteiger charge is -2.25. The van der Waals surface area contributed by atoms with Gasteiger partial charge in [0.05, 0.1) is 17.0 Å². The zero-order chi connectivity index (χ0) is 24.9. The number of rotatable bonds is 7. The highest BCUT2D eigenvalue weighted by Crippen LogP contribution is 2.26. The smallest absolute Gasteiger partial charge is 0.264 e. The van der Waals surface area contributed by atoms with E-state index in [1.54, 1.807) is 7.05 Å². The number of nitrogens with one attached hydrogen (secondary N) is 4. The quantitative estimate of drug-likeness (QED) is 0.234. The molecule has 2 heterocycles. The summed E-state index contributed by atoms with van der Waals surface area (Å²) in [7, 11) is 1.71. The summed E-state index contributed by atoms with van der Waals surface area (Å²) in [6.45, 7) is 1.94. The molecule has 2 unspecified atom stereocenters. The van der Waals surface area contributed by atoms with Crippen LogP contribution in [0.1, 0.15) is 29.5 Å². The Morgan fingerprint density at radius 1 is 1.03 bits per heavy atom. The summed E-state index contributed by atoms with van der Waals surface area (Å²) in [4.78, 5) is 20.3. The lowest BCUT2D eigenvalue weighted by atomic mass is 10.0. The second-order valence-corrected chi connectivity index (χ2v) is 8.77. The van der Waals surface area contributed by atoms with E-state index >= 15 is 0 Å². The first-order valence-corrected chi connectivity index (χ1v) is 12.2. The normalized spacial score (nSPS) is 18.0. The van der Waals surface area contributed by atoms with Crippen LogP contribution in [0.3, 0.4) is 0 Å². The molecule has 5 rings (SSSR count). The predicted molar refractivity (Wildman–Crippen MR) is 143 cm³/mol. The van der Waals surface area contributed by atoms with Crippen LogP contribution < -0.4 is 20.9 Å². The largest absolute Gasteiger partial charge is 0.445 e. The summed E-state index contributed by atoms with van der Waals surface area (Å²) < 4.78 is 5.98. The van der Waals surface area contributed by atoms with Crippen molar-refractivity contribution in [3.05, 3.63) is 95.6 Å². The maximum atomic E-state index is 13.2. The van der Waals surface area contributed by atoms with Crippen LogP contribution in [0.5, 0.6) is 0 Å². The molecular formula is C28H30N6O2. The van der Waals surface area contributed by atoms with Crippen molar-refractivity contribution in [2.24, 2.45) is 4.99 Å². The van der Waals surface area contributed by atoms with Crippen LogP contribution in [-0.2, 0) is 9.53 Å². The third-order valence-electron chi connectivity index (χ3n) is 6.40. The number of fused-ring (bicyclic) bond motifs is 1. The van der Waals surface area contributed by atoms with Crippen molar-refractivity contribution >= 4 is 28.9 Å². The van der Waals surface area contributed by atoms with Crippen LogP contribution in [0.4, 0.5) is 11.4 Å². The van der Waals surface area contributed by atoms with Crippen LogP contribution >= 0.6 is 0 Å². The molecule has 0 bridgehead atoms. The zero-order valence-electron chi connectivity index (χ0n) is 20.2. The van der Waals surface area contributed by atoms with Gasteiger partial charge in [0.25, 0.3) is 5.91 Å². The van der Waals surface area contributed by atoms with Crippen molar-refractivity contribution in [2.75, 3.05) is 30.4 Å². The molecule has 1 amide bonds. The fraction of sp³-hybridized carbons (Fsp3) is 0.250. The number of carbonyl (C=O) groups is 1. The van der Waals surface area contributed by atoms with E-state index in [4.69, 9.17) is 15.1 Å². The first-order chi connectivity index (χ1) is 17.6. The monoisotopic (exact) mass is 482 g/mol. The Morgan fingerprint density at radius 2 is 1.72 bits per heavy atom. The van der Waals surface area contributed by atoms with Gasteiger partial charge in [0.1, 0.15) is 0 Å². The van der Waals surface area contributed by atoms with E-state index in [1.807, 2.05) is 78.9 Å². The first kappa shape index (κ1) is 23.7. The van der Waals surface area contributed by atoms with Gasteiger partial charge in [0, 0.05) is 29.9 Å². The topological polar surface area (TPSA) is 102 Å². The molecule has 0 spiro atoms. The third kappa shape index (κ3) is 5.00.